The Balaban J connectivity index is 1.87. The molecule has 20 heavy (non-hydrogen) atoms. The second kappa shape index (κ2) is 6.07. The summed E-state index contributed by atoms with van der Waals surface area (Å²) in [5.41, 5.74) is 3.61. The third-order valence-electron chi connectivity index (χ3n) is 3.78. The zero-order chi connectivity index (χ0) is 13.8. The number of phenols is 1. The molecule has 2 aromatic rings. The van der Waals surface area contributed by atoms with E-state index < -0.39 is 0 Å². The van der Waals surface area contributed by atoms with Crippen LogP contribution in [-0.2, 0) is 6.54 Å². The molecule has 0 unspecified atom stereocenters. The minimum Gasteiger partial charge on any atom is -0.508 e. The van der Waals surface area contributed by atoms with Crippen molar-refractivity contribution in [2.24, 2.45) is 0 Å². The molecule has 1 fully saturated rings. The second-order valence-corrected chi connectivity index (χ2v) is 5.23. The summed E-state index contributed by atoms with van der Waals surface area (Å²) in [6.45, 7) is 5.28. The molecule has 0 amide bonds. The zero-order valence-electron chi connectivity index (χ0n) is 11.5. The van der Waals surface area contributed by atoms with E-state index in [2.05, 4.69) is 40.5 Å². The first-order valence-electron chi connectivity index (χ1n) is 7.13. The summed E-state index contributed by atoms with van der Waals surface area (Å²) in [6.07, 6.45) is 0. The highest BCUT2D eigenvalue weighted by Gasteiger charge is 2.12. The number of benzene rings is 2. The number of rotatable bonds is 3. The lowest BCUT2D eigenvalue weighted by molar-refractivity contribution is 0.233. The van der Waals surface area contributed by atoms with Crippen molar-refractivity contribution >= 4 is 0 Å². The number of hydrogen-bond acceptors (Lipinski definition) is 3. The lowest BCUT2D eigenvalue weighted by atomic mass is 9.99. The van der Waals surface area contributed by atoms with Crippen LogP contribution in [0.15, 0.2) is 48.5 Å². The average Bonchev–Trinajstić information content (AvgIpc) is 2.49. The quantitative estimate of drug-likeness (QED) is 0.897. The third kappa shape index (κ3) is 3.00. The van der Waals surface area contributed by atoms with Gasteiger partial charge in [-0.05, 0) is 28.8 Å². The molecule has 0 aliphatic carbocycles. The van der Waals surface area contributed by atoms with E-state index in [0.29, 0.717) is 5.75 Å². The maximum atomic E-state index is 9.67. The van der Waals surface area contributed by atoms with Crippen molar-refractivity contribution in [3.63, 3.8) is 0 Å². The Hall–Kier alpha value is -1.84. The van der Waals surface area contributed by atoms with E-state index in [1.165, 1.54) is 11.1 Å². The van der Waals surface area contributed by atoms with Gasteiger partial charge in [-0.2, -0.15) is 0 Å². The fourth-order valence-corrected chi connectivity index (χ4v) is 2.72. The number of piperazine rings is 1. The lowest BCUT2D eigenvalue weighted by Gasteiger charge is -2.28. The highest BCUT2D eigenvalue weighted by atomic mass is 16.3. The molecule has 0 saturated carbocycles. The Kier molecular flexibility index (Phi) is 4.00. The van der Waals surface area contributed by atoms with Crippen LogP contribution in [-0.4, -0.2) is 36.2 Å². The smallest absolute Gasteiger partial charge is 0.116 e. The first-order valence-corrected chi connectivity index (χ1v) is 7.13. The number of nitrogens with zero attached hydrogens (tertiary/aromatic N) is 1. The molecule has 104 valence electrons. The normalized spacial score (nSPS) is 16.2. The summed E-state index contributed by atoms with van der Waals surface area (Å²) >= 11 is 0. The Morgan fingerprint density at radius 1 is 1.00 bits per heavy atom. The first kappa shape index (κ1) is 13.2. The van der Waals surface area contributed by atoms with Crippen LogP contribution in [0.25, 0.3) is 11.1 Å². The first-order chi connectivity index (χ1) is 9.83. The lowest BCUT2D eigenvalue weighted by Crippen LogP contribution is -2.42. The molecule has 0 aromatic heterocycles. The molecule has 2 aromatic carbocycles. The van der Waals surface area contributed by atoms with Crippen LogP contribution in [0.3, 0.4) is 0 Å². The van der Waals surface area contributed by atoms with Gasteiger partial charge in [-0.3, -0.25) is 4.90 Å². The molecule has 1 heterocycles. The Morgan fingerprint density at radius 2 is 1.80 bits per heavy atom. The van der Waals surface area contributed by atoms with Gasteiger partial charge >= 0.3 is 0 Å². The van der Waals surface area contributed by atoms with Crippen LogP contribution in [0, 0.1) is 0 Å². The summed E-state index contributed by atoms with van der Waals surface area (Å²) in [4.78, 5) is 2.47. The van der Waals surface area contributed by atoms with Crippen LogP contribution < -0.4 is 5.32 Å². The number of phenolic OH excluding ortho intramolecular Hbond substituents is 1. The van der Waals surface area contributed by atoms with Crippen molar-refractivity contribution in [1.29, 1.82) is 0 Å². The van der Waals surface area contributed by atoms with E-state index >= 15 is 0 Å². The molecule has 3 rings (SSSR count). The molecule has 0 atom stereocenters. The van der Waals surface area contributed by atoms with Gasteiger partial charge in [0.1, 0.15) is 5.75 Å². The van der Waals surface area contributed by atoms with E-state index in [9.17, 15) is 5.11 Å². The summed E-state index contributed by atoms with van der Waals surface area (Å²) in [5, 5.41) is 13.0. The number of nitrogens with one attached hydrogen (secondary N) is 1. The molecule has 3 heteroatoms. The fourth-order valence-electron chi connectivity index (χ4n) is 2.72. The SMILES string of the molecule is Oc1cccc(-c2ccccc2CN2CCNCC2)c1. The summed E-state index contributed by atoms with van der Waals surface area (Å²) < 4.78 is 0. The summed E-state index contributed by atoms with van der Waals surface area (Å²) in [6, 6.07) is 15.9. The van der Waals surface area contributed by atoms with E-state index in [1.807, 2.05) is 12.1 Å². The largest absolute Gasteiger partial charge is 0.508 e. The standard InChI is InChI=1S/C17H20N2O/c20-16-6-3-5-14(12-16)17-7-2-1-4-15(17)13-19-10-8-18-9-11-19/h1-7,12,18,20H,8-11,13H2. The van der Waals surface area contributed by atoms with Crippen molar-refractivity contribution in [3.8, 4) is 16.9 Å². The predicted molar refractivity (Wildman–Crippen MR) is 81.7 cm³/mol. The minimum atomic E-state index is 0.319. The van der Waals surface area contributed by atoms with Gasteiger partial charge in [0.15, 0.2) is 0 Å². The zero-order valence-corrected chi connectivity index (χ0v) is 11.5. The third-order valence-corrected chi connectivity index (χ3v) is 3.78. The molecule has 0 bridgehead atoms. The molecule has 0 spiro atoms. The average molecular weight is 268 g/mol. The summed E-state index contributed by atoms with van der Waals surface area (Å²) in [5.74, 6) is 0.319. The van der Waals surface area contributed by atoms with Gasteiger partial charge in [0, 0.05) is 32.7 Å². The Labute approximate surface area is 119 Å². The number of aromatic hydroxyl groups is 1. The van der Waals surface area contributed by atoms with Crippen LogP contribution in [0.5, 0.6) is 5.75 Å². The van der Waals surface area contributed by atoms with E-state index in [0.717, 1.165) is 38.3 Å². The van der Waals surface area contributed by atoms with E-state index in [1.54, 1.807) is 6.07 Å². The van der Waals surface area contributed by atoms with Gasteiger partial charge in [0.2, 0.25) is 0 Å². The Bertz CT molecular complexity index is 577. The van der Waals surface area contributed by atoms with Crippen molar-refractivity contribution < 1.29 is 5.11 Å². The van der Waals surface area contributed by atoms with Crippen molar-refractivity contribution in [2.45, 2.75) is 6.54 Å². The highest BCUT2D eigenvalue weighted by molar-refractivity contribution is 5.68. The van der Waals surface area contributed by atoms with Gasteiger partial charge in [-0.15, -0.1) is 0 Å². The topological polar surface area (TPSA) is 35.5 Å². The van der Waals surface area contributed by atoms with Crippen LogP contribution in [0.2, 0.25) is 0 Å². The van der Waals surface area contributed by atoms with Gasteiger partial charge in [-0.25, -0.2) is 0 Å². The molecule has 1 aliphatic rings. The van der Waals surface area contributed by atoms with Crippen molar-refractivity contribution in [3.05, 3.63) is 54.1 Å². The van der Waals surface area contributed by atoms with E-state index in [4.69, 9.17) is 0 Å². The number of hydrogen-bond donors (Lipinski definition) is 2. The van der Waals surface area contributed by atoms with Gasteiger partial charge in [0.25, 0.3) is 0 Å². The maximum Gasteiger partial charge on any atom is 0.116 e. The van der Waals surface area contributed by atoms with Crippen LogP contribution in [0.1, 0.15) is 5.56 Å². The van der Waals surface area contributed by atoms with Gasteiger partial charge in [-0.1, -0.05) is 36.4 Å². The Morgan fingerprint density at radius 3 is 2.60 bits per heavy atom. The molecule has 2 N–H and O–H groups in total. The molecule has 1 aliphatic heterocycles. The molecule has 1 saturated heterocycles. The summed E-state index contributed by atoms with van der Waals surface area (Å²) in [7, 11) is 0. The van der Waals surface area contributed by atoms with E-state index in [-0.39, 0.29) is 0 Å². The monoisotopic (exact) mass is 268 g/mol. The fraction of sp³-hybridized carbons (Fsp3) is 0.294. The van der Waals surface area contributed by atoms with Crippen LogP contribution >= 0.6 is 0 Å². The van der Waals surface area contributed by atoms with Crippen LogP contribution in [0.4, 0.5) is 0 Å². The molecular formula is C17H20N2O. The van der Waals surface area contributed by atoms with Gasteiger partial charge in [0.05, 0.1) is 0 Å². The molecule has 3 nitrogen and oxygen atoms in total. The molecule has 0 radical (unpaired) electrons. The molecular weight excluding hydrogens is 248 g/mol. The van der Waals surface area contributed by atoms with Crippen molar-refractivity contribution in [2.75, 3.05) is 26.2 Å². The highest BCUT2D eigenvalue weighted by Crippen LogP contribution is 2.27. The minimum absolute atomic E-state index is 0.319. The maximum absolute atomic E-state index is 9.67. The predicted octanol–water partition coefficient (Wildman–Crippen LogP) is 2.46. The second-order valence-electron chi connectivity index (χ2n) is 5.23. The van der Waals surface area contributed by atoms with Crippen molar-refractivity contribution in [1.82, 2.24) is 10.2 Å². The van der Waals surface area contributed by atoms with Gasteiger partial charge < -0.3 is 10.4 Å².